The van der Waals surface area contributed by atoms with E-state index in [9.17, 15) is 14.7 Å². The molecule has 0 saturated carbocycles. The summed E-state index contributed by atoms with van der Waals surface area (Å²) < 4.78 is 0.845. The highest BCUT2D eigenvalue weighted by atomic mass is 79.9. The van der Waals surface area contributed by atoms with Gasteiger partial charge in [0.2, 0.25) is 11.5 Å². The van der Waals surface area contributed by atoms with Gasteiger partial charge in [-0.2, -0.15) is 0 Å². The van der Waals surface area contributed by atoms with Gasteiger partial charge in [-0.05, 0) is 35.9 Å². The van der Waals surface area contributed by atoms with Crippen LogP contribution in [0.25, 0.3) is 0 Å². The molecular formula is C23H23BrN4O3. The average molecular weight is 483 g/mol. The molecule has 1 saturated heterocycles. The maximum Gasteiger partial charge on any atom is 0.267 e. The van der Waals surface area contributed by atoms with Crippen LogP contribution in [0.3, 0.4) is 0 Å². The molecule has 1 fully saturated rings. The quantitative estimate of drug-likeness (QED) is 0.647. The number of terminal acetylenes is 1. The smallest absolute Gasteiger partial charge is 0.267 e. The van der Waals surface area contributed by atoms with E-state index >= 15 is 0 Å². The third-order valence-electron chi connectivity index (χ3n) is 4.78. The summed E-state index contributed by atoms with van der Waals surface area (Å²) in [4.78, 5) is 31.2. The van der Waals surface area contributed by atoms with Crippen LogP contribution in [0.4, 0.5) is 11.5 Å². The Hall–Kier alpha value is -3.33. The molecule has 2 heterocycles. The van der Waals surface area contributed by atoms with Gasteiger partial charge in [-0.1, -0.05) is 27.8 Å². The van der Waals surface area contributed by atoms with Crippen molar-refractivity contribution in [3.63, 3.8) is 0 Å². The lowest BCUT2D eigenvalue weighted by atomic mass is 10.0. The first kappa shape index (κ1) is 23.9. The number of rotatable bonds is 4. The number of aliphatic hydroxyl groups is 1. The van der Waals surface area contributed by atoms with Gasteiger partial charge in [0.15, 0.2) is 0 Å². The van der Waals surface area contributed by atoms with Gasteiger partial charge in [-0.3, -0.25) is 9.59 Å². The number of aromatic nitrogens is 1. The van der Waals surface area contributed by atoms with Crippen molar-refractivity contribution in [1.82, 2.24) is 9.88 Å². The lowest BCUT2D eigenvalue weighted by Crippen LogP contribution is -2.37. The zero-order valence-electron chi connectivity index (χ0n) is 17.3. The molecule has 0 bridgehead atoms. The van der Waals surface area contributed by atoms with Gasteiger partial charge in [-0.25, -0.2) is 4.98 Å². The molecule has 0 aliphatic carbocycles. The van der Waals surface area contributed by atoms with Crippen molar-refractivity contribution in [3.05, 3.63) is 52.1 Å². The van der Waals surface area contributed by atoms with E-state index in [0.29, 0.717) is 17.9 Å². The van der Waals surface area contributed by atoms with E-state index in [1.54, 1.807) is 25.4 Å². The monoisotopic (exact) mass is 482 g/mol. The first-order valence-electron chi connectivity index (χ1n) is 9.30. The van der Waals surface area contributed by atoms with Gasteiger partial charge in [0.25, 0.3) is 5.91 Å². The molecule has 1 aromatic carbocycles. The molecule has 1 aromatic heterocycles. The van der Waals surface area contributed by atoms with Gasteiger partial charge in [-0.15, -0.1) is 12.8 Å². The molecule has 0 spiro atoms. The molecule has 0 unspecified atom stereocenters. The van der Waals surface area contributed by atoms with Crippen LogP contribution in [-0.4, -0.2) is 53.0 Å². The van der Waals surface area contributed by atoms with Gasteiger partial charge in [0.05, 0.1) is 6.42 Å². The van der Waals surface area contributed by atoms with Crippen molar-refractivity contribution < 1.29 is 14.7 Å². The molecule has 1 aliphatic heterocycles. The lowest BCUT2D eigenvalue weighted by molar-refractivity contribution is -0.137. The molecule has 31 heavy (non-hydrogen) atoms. The number of amides is 2. The Bertz CT molecular complexity index is 1070. The summed E-state index contributed by atoms with van der Waals surface area (Å²) in [5.74, 6) is 5.38. The predicted octanol–water partition coefficient (Wildman–Crippen LogP) is 1.83. The van der Waals surface area contributed by atoms with E-state index in [4.69, 9.17) is 5.73 Å². The number of nitrogens with two attached hydrogens (primary N) is 1. The summed E-state index contributed by atoms with van der Waals surface area (Å²) in [5.41, 5.74) is 5.90. The number of nitrogens with zero attached hydrogens (tertiary/aromatic N) is 3. The molecule has 1 aliphatic rings. The Kier molecular flexibility index (Phi) is 7.82. The SMILES string of the molecule is C#C.CN1CC[C@@](O)(C#Cc2ccnc(N(C)c3ccc(Br)cc3CC(N)=O)c2)C1=O. The summed E-state index contributed by atoms with van der Waals surface area (Å²) in [7, 11) is 3.47. The van der Waals surface area contributed by atoms with E-state index in [0.717, 1.165) is 15.7 Å². The zero-order valence-corrected chi connectivity index (χ0v) is 18.9. The second kappa shape index (κ2) is 10.1. The number of anilines is 2. The Labute approximate surface area is 190 Å². The minimum absolute atomic E-state index is 0.0985. The predicted molar refractivity (Wildman–Crippen MR) is 123 cm³/mol. The van der Waals surface area contributed by atoms with Crippen LogP contribution in [-0.2, 0) is 16.0 Å². The second-order valence-electron chi connectivity index (χ2n) is 6.96. The fourth-order valence-corrected chi connectivity index (χ4v) is 3.57. The molecule has 1 atom stereocenters. The molecule has 3 N–H and O–H groups in total. The maximum absolute atomic E-state index is 12.1. The topological polar surface area (TPSA) is 99.8 Å². The Morgan fingerprint density at radius 1 is 1.39 bits per heavy atom. The van der Waals surface area contributed by atoms with E-state index in [1.165, 1.54) is 4.90 Å². The van der Waals surface area contributed by atoms with E-state index in [2.05, 4.69) is 45.6 Å². The van der Waals surface area contributed by atoms with E-state index < -0.39 is 11.5 Å². The first-order chi connectivity index (χ1) is 14.7. The molecule has 0 radical (unpaired) electrons. The molecule has 160 valence electrons. The fourth-order valence-electron chi connectivity index (χ4n) is 3.16. The number of carbonyl (C=O) groups is 2. The normalized spacial score (nSPS) is 17.2. The summed E-state index contributed by atoms with van der Waals surface area (Å²) in [6.07, 6.45) is 9.99. The third kappa shape index (κ3) is 5.64. The number of pyridine rings is 1. The molecule has 2 aromatic rings. The Morgan fingerprint density at radius 2 is 2.10 bits per heavy atom. The second-order valence-corrected chi connectivity index (χ2v) is 7.88. The van der Waals surface area contributed by atoms with Crippen LogP contribution in [0.15, 0.2) is 41.0 Å². The highest BCUT2D eigenvalue weighted by Crippen LogP contribution is 2.29. The van der Waals surface area contributed by atoms with Crippen LogP contribution in [0, 0.1) is 24.7 Å². The number of halogens is 1. The van der Waals surface area contributed by atoms with Gasteiger partial charge in [0, 0.05) is 49.0 Å². The number of hydrogen-bond donors (Lipinski definition) is 2. The van der Waals surface area contributed by atoms with Crippen LogP contribution in [0.1, 0.15) is 17.5 Å². The third-order valence-corrected chi connectivity index (χ3v) is 5.27. The molecule has 2 amide bonds. The standard InChI is InChI=1S/C21H21BrN4O3.C2H2/c1-25-10-8-21(29,20(25)28)7-5-14-6-9-24-19(11-14)26(2)17-4-3-16(22)12-15(17)13-18(23)27;1-2/h3-4,6,9,11-12,29H,8,10,13H2,1-2H3,(H2,23,27);1-2H/t21-;/m0./s1. The first-order valence-corrected chi connectivity index (χ1v) is 10.1. The largest absolute Gasteiger partial charge is 0.369 e. The minimum Gasteiger partial charge on any atom is -0.369 e. The summed E-state index contributed by atoms with van der Waals surface area (Å²) in [5, 5.41) is 10.5. The van der Waals surface area contributed by atoms with Crippen molar-refractivity contribution in [2.75, 3.05) is 25.5 Å². The van der Waals surface area contributed by atoms with Crippen LogP contribution in [0.2, 0.25) is 0 Å². The van der Waals surface area contributed by atoms with Gasteiger partial charge >= 0.3 is 0 Å². The van der Waals surface area contributed by atoms with Crippen molar-refractivity contribution in [3.8, 4) is 24.7 Å². The summed E-state index contributed by atoms with van der Waals surface area (Å²) >= 11 is 3.41. The minimum atomic E-state index is -1.65. The van der Waals surface area contributed by atoms with Crippen molar-refractivity contribution in [2.24, 2.45) is 5.73 Å². The van der Waals surface area contributed by atoms with Crippen LogP contribution < -0.4 is 10.6 Å². The van der Waals surface area contributed by atoms with Crippen molar-refractivity contribution in [1.29, 1.82) is 0 Å². The van der Waals surface area contributed by atoms with Gasteiger partial charge < -0.3 is 20.6 Å². The average Bonchev–Trinajstić information content (AvgIpc) is 3.01. The Morgan fingerprint density at radius 3 is 2.71 bits per heavy atom. The molecule has 7 nitrogen and oxygen atoms in total. The molecular weight excluding hydrogens is 460 g/mol. The number of likely N-dealkylation sites (tertiary alicyclic amines) is 1. The number of primary amides is 1. The number of likely N-dealkylation sites (N-methyl/N-ethyl adjacent to an activating group) is 1. The van der Waals surface area contributed by atoms with Crippen molar-refractivity contribution >= 4 is 39.2 Å². The number of benzene rings is 1. The number of hydrogen-bond acceptors (Lipinski definition) is 5. The lowest BCUT2D eigenvalue weighted by Gasteiger charge is -2.22. The van der Waals surface area contributed by atoms with E-state index in [1.807, 2.05) is 30.1 Å². The van der Waals surface area contributed by atoms with Crippen LogP contribution in [0.5, 0.6) is 0 Å². The van der Waals surface area contributed by atoms with Crippen molar-refractivity contribution in [2.45, 2.75) is 18.4 Å². The maximum atomic E-state index is 12.1. The molecule has 8 heteroatoms. The van der Waals surface area contributed by atoms with Crippen LogP contribution >= 0.6 is 15.9 Å². The number of carbonyl (C=O) groups excluding carboxylic acids is 2. The highest BCUT2D eigenvalue weighted by molar-refractivity contribution is 9.10. The Balaban J connectivity index is 0.00000166. The van der Waals surface area contributed by atoms with E-state index in [-0.39, 0.29) is 18.7 Å². The summed E-state index contributed by atoms with van der Waals surface area (Å²) in [6, 6.07) is 9.06. The molecule has 3 rings (SSSR count). The fraction of sp³-hybridized carbons (Fsp3) is 0.261. The summed E-state index contributed by atoms with van der Waals surface area (Å²) in [6.45, 7) is 0.473. The highest BCUT2D eigenvalue weighted by Gasteiger charge is 2.42. The van der Waals surface area contributed by atoms with Gasteiger partial charge in [0.1, 0.15) is 5.82 Å². The zero-order chi connectivity index (χ0) is 23.2.